The number of nitrogens with zero attached hydrogens (tertiary/aromatic N) is 8. The third-order valence-corrected chi connectivity index (χ3v) is 8.27. The molecule has 4 aliphatic rings. The van der Waals surface area contributed by atoms with E-state index in [4.69, 9.17) is 24.2 Å². The normalized spacial score (nSPS) is 22.2. The van der Waals surface area contributed by atoms with Crippen LogP contribution in [0.1, 0.15) is 17.5 Å². The van der Waals surface area contributed by atoms with Gasteiger partial charge in [-0.05, 0) is 18.6 Å². The number of methoxy groups -OCH3 is 1. The monoisotopic (exact) mass is 585 g/mol. The van der Waals surface area contributed by atoms with E-state index in [1.807, 2.05) is 6.07 Å². The molecule has 0 aliphatic carbocycles. The molecule has 8 rings (SSSR count). The highest BCUT2D eigenvalue weighted by Gasteiger charge is 2.54. The van der Waals surface area contributed by atoms with E-state index in [0.717, 1.165) is 13.0 Å². The van der Waals surface area contributed by atoms with Crippen molar-refractivity contribution < 1.29 is 24.4 Å². The van der Waals surface area contributed by atoms with Gasteiger partial charge in [-0.2, -0.15) is 10.4 Å². The molecular formula is C29H31N9O5. The standard InChI is InChI=1S/C29H31N9O5/c1-41-27-3-2-19(10-34-27)29(39,40)38-20-6-21(38)15-36(14-20)26-13-32-25(12-33-26)24-7-22(43-17-23-11-31-4-5-42-23)16-37-28(24)18(8-30)9-35-37/h2-3,7,9-10,12-13,16,20-21,23,31,39-40H,4-6,11,14-15,17H2,1H3/t20?,21?,23-/m0/s1. The Balaban J connectivity index is 1.09. The van der Waals surface area contributed by atoms with Crippen LogP contribution in [0.4, 0.5) is 5.82 Å². The van der Waals surface area contributed by atoms with Crippen molar-refractivity contribution in [2.24, 2.45) is 0 Å². The van der Waals surface area contributed by atoms with Crippen LogP contribution in [0.3, 0.4) is 0 Å². The number of piperidine rings is 1. The molecule has 2 unspecified atom stereocenters. The van der Waals surface area contributed by atoms with Gasteiger partial charge in [0.1, 0.15) is 30.3 Å². The molecule has 0 saturated carbocycles. The van der Waals surface area contributed by atoms with Gasteiger partial charge in [0.05, 0.1) is 55.3 Å². The maximum Gasteiger partial charge on any atom is 0.255 e. The van der Waals surface area contributed by atoms with E-state index in [9.17, 15) is 15.5 Å². The third-order valence-electron chi connectivity index (χ3n) is 8.27. The zero-order valence-electron chi connectivity index (χ0n) is 23.5. The fourth-order valence-electron chi connectivity index (χ4n) is 6.15. The summed E-state index contributed by atoms with van der Waals surface area (Å²) in [6.45, 7) is 3.68. The number of anilines is 1. The van der Waals surface area contributed by atoms with Crippen LogP contribution in [-0.4, -0.2) is 104 Å². The molecule has 4 aromatic rings. The van der Waals surface area contributed by atoms with Crippen LogP contribution >= 0.6 is 0 Å². The van der Waals surface area contributed by atoms with Crippen LogP contribution in [0.2, 0.25) is 0 Å². The predicted octanol–water partition coefficient (Wildman–Crippen LogP) is 0.492. The van der Waals surface area contributed by atoms with Crippen molar-refractivity contribution in [3.63, 3.8) is 0 Å². The summed E-state index contributed by atoms with van der Waals surface area (Å²) >= 11 is 0. The largest absolute Gasteiger partial charge is 0.489 e. The SMILES string of the molecule is COc1ccc(C(O)(O)N2C3CC2CN(c2cnc(-c4cc(OC[C@@H]5CNCCO5)cn5ncc(C#N)c45)cn2)C3)cn1. The lowest BCUT2D eigenvalue weighted by Crippen LogP contribution is -2.74. The second-order valence-corrected chi connectivity index (χ2v) is 10.9. The fourth-order valence-corrected chi connectivity index (χ4v) is 6.15. The number of nitrogens with one attached hydrogen (secondary N) is 1. The molecule has 4 fully saturated rings. The third kappa shape index (κ3) is 5.01. The van der Waals surface area contributed by atoms with E-state index in [1.165, 1.54) is 19.5 Å². The Morgan fingerprint density at radius 3 is 2.67 bits per heavy atom. The average molecular weight is 586 g/mol. The molecule has 3 atom stereocenters. The number of fused-ring (bicyclic) bond motifs is 3. The van der Waals surface area contributed by atoms with Gasteiger partial charge in [-0.3, -0.25) is 4.98 Å². The van der Waals surface area contributed by atoms with Gasteiger partial charge in [0, 0.05) is 61.7 Å². The number of hydrogen-bond donors (Lipinski definition) is 3. The van der Waals surface area contributed by atoms with E-state index in [2.05, 4.69) is 26.4 Å². The maximum absolute atomic E-state index is 11.0. The topological polar surface area (TPSA) is 166 Å². The minimum atomic E-state index is -2.14. The molecule has 2 bridgehead atoms. The van der Waals surface area contributed by atoms with Crippen LogP contribution in [0.25, 0.3) is 16.8 Å². The van der Waals surface area contributed by atoms with Gasteiger partial charge in [0.2, 0.25) is 5.88 Å². The molecule has 0 spiro atoms. The average Bonchev–Trinajstić information content (AvgIpc) is 3.47. The second-order valence-electron chi connectivity index (χ2n) is 10.9. The molecule has 8 heterocycles. The number of ether oxygens (including phenoxy) is 3. The van der Waals surface area contributed by atoms with Crippen LogP contribution in [0, 0.1) is 11.3 Å². The summed E-state index contributed by atoms with van der Waals surface area (Å²) in [7, 11) is 1.51. The molecule has 0 amide bonds. The summed E-state index contributed by atoms with van der Waals surface area (Å²) in [5, 5.41) is 39.4. The van der Waals surface area contributed by atoms with Gasteiger partial charge in [0.25, 0.3) is 5.91 Å². The summed E-state index contributed by atoms with van der Waals surface area (Å²) in [6.07, 6.45) is 8.87. The quantitative estimate of drug-likeness (QED) is 0.245. The number of nitriles is 1. The van der Waals surface area contributed by atoms with Gasteiger partial charge in [-0.25, -0.2) is 19.4 Å². The number of morpholine rings is 1. The number of piperazine rings is 1. The maximum atomic E-state index is 11.0. The molecule has 43 heavy (non-hydrogen) atoms. The van der Waals surface area contributed by atoms with Crippen molar-refractivity contribution in [1.29, 1.82) is 5.26 Å². The first kappa shape index (κ1) is 27.4. The van der Waals surface area contributed by atoms with Crippen molar-refractivity contribution in [2.45, 2.75) is 30.5 Å². The first-order chi connectivity index (χ1) is 20.9. The molecule has 222 valence electrons. The Bertz CT molecular complexity index is 1640. The predicted molar refractivity (Wildman–Crippen MR) is 152 cm³/mol. The van der Waals surface area contributed by atoms with E-state index in [1.54, 1.807) is 40.1 Å². The van der Waals surface area contributed by atoms with E-state index < -0.39 is 5.91 Å². The summed E-state index contributed by atoms with van der Waals surface area (Å²) in [4.78, 5) is 17.4. The lowest BCUT2D eigenvalue weighted by molar-refractivity contribution is -0.328. The van der Waals surface area contributed by atoms with Crippen molar-refractivity contribution >= 4 is 11.3 Å². The number of pyridine rings is 2. The van der Waals surface area contributed by atoms with Gasteiger partial charge in [0.15, 0.2) is 0 Å². The Morgan fingerprint density at radius 1 is 1.14 bits per heavy atom. The smallest absolute Gasteiger partial charge is 0.255 e. The molecule has 14 nitrogen and oxygen atoms in total. The van der Waals surface area contributed by atoms with E-state index >= 15 is 0 Å². The first-order valence-corrected chi connectivity index (χ1v) is 14.1. The Labute approximate surface area is 247 Å². The van der Waals surface area contributed by atoms with Crippen LogP contribution in [0.5, 0.6) is 11.6 Å². The van der Waals surface area contributed by atoms with E-state index in [0.29, 0.717) is 72.6 Å². The van der Waals surface area contributed by atoms with Crippen molar-refractivity contribution in [1.82, 2.24) is 34.8 Å². The summed E-state index contributed by atoms with van der Waals surface area (Å²) in [6, 6.07) is 7.10. The van der Waals surface area contributed by atoms with Crippen LogP contribution in [-0.2, 0) is 10.6 Å². The highest BCUT2D eigenvalue weighted by Crippen LogP contribution is 2.42. The van der Waals surface area contributed by atoms with Crippen molar-refractivity contribution in [3.05, 3.63) is 60.3 Å². The van der Waals surface area contributed by atoms with Gasteiger partial charge in [-0.15, -0.1) is 0 Å². The minimum absolute atomic E-state index is 0.0550. The van der Waals surface area contributed by atoms with Crippen molar-refractivity contribution in [3.8, 4) is 29.0 Å². The molecule has 0 radical (unpaired) electrons. The molecule has 4 saturated heterocycles. The Morgan fingerprint density at radius 2 is 2.00 bits per heavy atom. The molecule has 4 aliphatic heterocycles. The number of rotatable bonds is 8. The second kappa shape index (κ2) is 11.0. The zero-order valence-corrected chi connectivity index (χ0v) is 23.5. The van der Waals surface area contributed by atoms with E-state index in [-0.39, 0.29) is 23.8 Å². The lowest BCUT2D eigenvalue weighted by atomic mass is 9.85. The highest BCUT2D eigenvalue weighted by atomic mass is 16.5. The number of hydrogen-bond acceptors (Lipinski definition) is 13. The number of aliphatic hydroxyl groups is 2. The highest BCUT2D eigenvalue weighted by molar-refractivity contribution is 5.83. The zero-order chi connectivity index (χ0) is 29.6. The summed E-state index contributed by atoms with van der Waals surface area (Å²) < 4.78 is 18.5. The Kier molecular flexibility index (Phi) is 7.04. The van der Waals surface area contributed by atoms with Crippen LogP contribution < -0.4 is 19.7 Å². The summed E-state index contributed by atoms with van der Waals surface area (Å²) in [5.41, 5.74) is 2.59. The van der Waals surface area contributed by atoms with Gasteiger partial charge >= 0.3 is 0 Å². The molecule has 0 aromatic carbocycles. The fraction of sp³-hybridized carbons (Fsp3) is 0.414. The summed E-state index contributed by atoms with van der Waals surface area (Å²) in [5.74, 6) is -0.476. The minimum Gasteiger partial charge on any atom is -0.489 e. The van der Waals surface area contributed by atoms with Crippen LogP contribution in [0.15, 0.2) is 49.2 Å². The molecular weight excluding hydrogens is 554 g/mol. The Hall–Kier alpha value is -4.39. The molecule has 3 N–H and O–H groups in total. The molecule has 14 heteroatoms. The van der Waals surface area contributed by atoms with Gasteiger partial charge in [-0.1, -0.05) is 0 Å². The van der Waals surface area contributed by atoms with Crippen molar-refractivity contribution in [2.75, 3.05) is 51.4 Å². The van der Waals surface area contributed by atoms with Gasteiger partial charge < -0.3 is 34.6 Å². The lowest BCUT2D eigenvalue weighted by Gasteiger charge is -2.60. The molecule has 4 aromatic heterocycles. The first-order valence-electron chi connectivity index (χ1n) is 14.1. The number of aromatic nitrogens is 5.